The third kappa shape index (κ3) is 5.66. The van der Waals surface area contributed by atoms with Gasteiger partial charge >= 0.3 is 5.97 Å². The van der Waals surface area contributed by atoms with E-state index in [0.717, 1.165) is 12.8 Å². The summed E-state index contributed by atoms with van der Waals surface area (Å²) < 4.78 is 11.4. The third-order valence-electron chi connectivity index (χ3n) is 3.69. The highest BCUT2D eigenvalue weighted by Gasteiger charge is 2.30. The van der Waals surface area contributed by atoms with Gasteiger partial charge in [-0.2, -0.15) is 0 Å². The van der Waals surface area contributed by atoms with Gasteiger partial charge in [0.05, 0.1) is 11.7 Å². The lowest BCUT2D eigenvalue weighted by Crippen LogP contribution is -2.35. The third-order valence-corrected chi connectivity index (χ3v) is 3.69. The average molecular weight is 282 g/mol. The Hall–Kier alpha value is -0.830. The molecule has 0 N–H and O–H groups in total. The first-order valence-corrected chi connectivity index (χ1v) is 7.70. The monoisotopic (exact) mass is 282 g/mol. The zero-order valence-corrected chi connectivity index (χ0v) is 13.9. The van der Waals surface area contributed by atoms with E-state index < -0.39 is 5.60 Å². The van der Waals surface area contributed by atoms with Crippen LogP contribution in [0.5, 0.6) is 0 Å². The van der Waals surface area contributed by atoms with E-state index in [-0.39, 0.29) is 17.5 Å². The Kier molecular flexibility index (Phi) is 5.81. The summed E-state index contributed by atoms with van der Waals surface area (Å²) >= 11 is 0. The SMILES string of the molecule is CCCC(=O)OCC(C)(C)OC(C)C1=CC(C)(C)CC1. The van der Waals surface area contributed by atoms with Gasteiger partial charge in [-0.3, -0.25) is 4.79 Å². The van der Waals surface area contributed by atoms with Gasteiger partial charge < -0.3 is 9.47 Å². The second kappa shape index (κ2) is 6.75. The summed E-state index contributed by atoms with van der Waals surface area (Å²) in [5.74, 6) is -0.141. The predicted molar refractivity (Wildman–Crippen MR) is 81.6 cm³/mol. The summed E-state index contributed by atoms with van der Waals surface area (Å²) in [5, 5.41) is 0. The maximum atomic E-state index is 11.4. The standard InChI is InChI=1S/C17H30O3/c1-7-8-15(18)19-12-17(5,6)20-13(2)14-9-10-16(3,4)11-14/h11,13H,7-10,12H2,1-6H3. The van der Waals surface area contributed by atoms with Gasteiger partial charge in [0.15, 0.2) is 0 Å². The fraction of sp³-hybridized carbons (Fsp3) is 0.824. The average Bonchev–Trinajstić information content (AvgIpc) is 2.67. The summed E-state index contributed by atoms with van der Waals surface area (Å²) in [7, 11) is 0. The number of carbonyl (C=O) groups excluding carboxylic acids is 1. The lowest BCUT2D eigenvalue weighted by molar-refractivity contribution is -0.155. The topological polar surface area (TPSA) is 35.5 Å². The molecule has 1 atom stereocenters. The van der Waals surface area contributed by atoms with E-state index in [9.17, 15) is 4.79 Å². The summed E-state index contributed by atoms with van der Waals surface area (Å²) in [4.78, 5) is 11.4. The van der Waals surface area contributed by atoms with Crippen molar-refractivity contribution in [1.82, 2.24) is 0 Å². The second-order valence-electron chi connectivity index (χ2n) is 7.14. The molecule has 3 heteroatoms. The molecule has 0 saturated carbocycles. The first-order valence-electron chi connectivity index (χ1n) is 7.70. The number of ether oxygens (including phenoxy) is 2. The van der Waals surface area contributed by atoms with Crippen molar-refractivity contribution >= 4 is 5.97 Å². The highest BCUT2D eigenvalue weighted by atomic mass is 16.6. The van der Waals surface area contributed by atoms with E-state index in [0.29, 0.717) is 13.0 Å². The maximum Gasteiger partial charge on any atom is 0.305 e. The molecule has 0 radical (unpaired) electrons. The normalized spacial score (nSPS) is 19.6. The minimum Gasteiger partial charge on any atom is -0.463 e. The number of rotatable bonds is 7. The van der Waals surface area contributed by atoms with Crippen LogP contribution in [0.1, 0.15) is 67.2 Å². The largest absolute Gasteiger partial charge is 0.463 e. The van der Waals surface area contributed by atoms with Crippen LogP contribution in [0, 0.1) is 5.41 Å². The van der Waals surface area contributed by atoms with Crippen LogP contribution in [0.2, 0.25) is 0 Å². The number of allylic oxidation sites excluding steroid dienone is 1. The molecule has 0 saturated heterocycles. The van der Waals surface area contributed by atoms with Gasteiger partial charge in [0.1, 0.15) is 6.61 Å². The molecular weight excluding hydrogens is 252 g/mol. The number of hydrogen-bond donors (Lipinski definition) is 0. The van der Waals surface area contributed by atoms with Crippen molar-refractivity contribution in [3.05, 3.63) is 11.6 Å². The minimum absolute atomic E-state index is 0.0802. The molecule has 0 heterocycles. The molecule has 0 aromatic carbocycles. The van der Waals surface area contributed by atoms with Gasteiger partial charge in [-0.15, -0.1) is 0 Å². The zero-order valence-electron chi connectivity index (χ0n) is 13.9. The van der Waals surface area contributed by atoms with Crippen molar-refractivity contribution in [2.75, 3.05) is 6.61 Å². The molecule has 0 amide bonds. The van der Waals surface area contributed by atoms with E-state index in [4.69, 9.17) is 9.47 Å². The van der Waals surface area contributed by atoms with E-state index >= 15 is 0 Å². The Labute approximate surface area is 123 Å². The predicted octanol–water partition coefficient (Wildman–Crippen LogP) is 4.26. The van der Waals surface area contributed by atoms with Crippen molar-refractivity contribution in [2.24, 2.45) is 5.41 Å². The highest BCUT2D eigenvalue weighted by Crippen LogP contribution is 2.37. The number of carbonyl (C=O) groups is 1. The summed E-state index contributed by atoms with van der Waals surface area (Å²) in [6.07, 6.45) is 5.99. The van der Waals surface area contributed by atoms with Crippen LogP contribution >= 0.6 is 0 Å². The van der Waals surface area contributed by atoms with E-state index in [2.05, 4.69) is 26.8 Å². The smallest absolute Gasteiger partial charge is 0.305 e. The molecule has 1 rings (SSSR count). The quantitative estimate of drug-likeness (QED) is 0.517. The van der Waals surface area contributed by atoms with Gasteiger partial charge in [0.25, 0.3) is 0 Å². The summed E-state index contributed by atoms with van der Waals surface area (Å²) in [6.45, 7) is 12.8. The van der Waals surface area contributed by atoms with Crippen LogP contribution in [-0.2, 0) is 14.3 Å². The zero-order chi connectivity index (χ0) is 15.4. The molecular formula is C17H30O3. The summed E-state index contributed by atoms with van der Waals surface area (Å²) in [6, 6.07) is 0. The van der Waals surface area contributed by atoms with Gasteiger partial charge in [0, 0.05) is 6.42 Å². The molecule has 0 spiro atoms. The lowest BCUT2D eigenvalue weighted by atomic mass is 9.94. The molecule has 0 bridgehead atoms. The molecule has 0 aromatic rings. The molecule has 1 unspecified atom stereocenters. The van der Waals surface area contributed by atoms with Gasteiger partial charge in [-0.1, -0.05) is 26.8 Å². The van der Waals surface area contributed by atoms with Crippen molar-refractivity contribution < 1.29 is 14.3 Å². The van der Waals surface area contributed by atoms with E-state index in [1.165, 1.54) is 12.0 Å². The van der Waals surface area contributed by atoms with E-state index in [1.807, 2.05) is 20.8 Å². The number of hydrogen-bond acceptors (Lipinski definition) is 3. The highest BCUT2D eigenvalue weighted by molar-refractivity contribution is 5.69. The number of esters is 1. The van der Waals surface area contributed by atoms with Crippen LogP contribution < -0.4 is 0 Å². The lowest BCUT2D eigenvalue weighted by Gasteiger charge is -2.29. The van der Waals surface area contributed by atoms with Gasteiger partial charge in [-0.05, 0) is 51.0 Å². The Bertz CT molecular complexity index is 366. The molecule has 1 aliphatic rings. The Morgan fingerprint density at radius 3 is 2.60 bits per heavy atom. The molecule has 0 aliphatic heterocycles. The second-order valence-corrected chi connectivity index (χ2v) is 7.14. The molecule has 3 nitrogen and oxygen atoms in total. The molecule has 0 aromatic heterocycles. The fourth-order valence-corrected chi connectivity index (χ4v) is 2.55. The molecule has 0 fully saturated rings. The first kappa shape index (κ1) is 17.2. The van der Waals surface area contributed by atoms with Crippen molar-refractivity contribution in [3.63, 3.8) is 0 Å². The van der Waals surface area contributed by atoms with Crippen molar-refractivity contribution in [2.45, 2.75) is 78.9 Å². The van der Waals surface area contributed by atoms with Crippen LogP contribution in [0.4, 0.5) is 0 Å². The Balaban J connectivity index is 2.47. The summed E-state index contributed by atoms with van der Waals surface area (Å²) in [5.41, 5.74) is 1.20. The fourth-order valence-electron chi connectivity index (χ4n) is 2.55. The van der Waals surface area contributed by atoms with Crippen LogP contribution in [0.15, 0.2) is 11.6 Å². The van der Waals surface area contributed by atoms with Gasteiger partial charge in [0.2, 0.25) is 0 Å². The maximum absolute atomic E-state index is 11.4. The van der Waals surface area contributed by atoms with Crippen molar-refractivity contribution in [1.29, 1.82) is 0 Å². The molecule has 1 aliphatic carbocycles. The Morgan fingerprint density at radius 2 is 2.10 bits per heavy atom. The molecule has 20 heavy (non-hydrogen) atoms. The van der Waals surface area contributed by atoms with Gasteiger partial charge in [-0.25, -0.2) is 0 Å². The minimum atomic E-state index is -0.448. The van der Waals surface area contributed by atoms with Crippen LogP contribution in [0.25, 0.3) is 0 Å². The Morgan fingerprint density at radius 1 is 1.45 bits per heavy atom. The first-order chi connectivity index (χ1) is 9.15. The van der Waals surface area contributed by atoms with Crippen molar-refractivity contribution in [3.8, 4) is 0 Å². The van der Waals surface area contributed by atoms with Crippen LogP contribution in [0.3, 0.4) is 0 Å². The van der Waals surface area contributed by atoms with Crippen LogP contribution in [-0.4, -0.2) is 24.3 Å². The molecule has 116 valence electrons. The van der Waals surface area contributed by atoms with E-state index in [1.54, 1.807) is 0 Å².